The highest BCUT2D eigenvalue weighted by molar-refractivity contribution is 9.10. The van der Waals surface area contributed by atoms with Crippen molar-refractivity contribution in [3.05, 3.63) is 22.2 Å². The number of methoxy groups -OCH3 is 1. The molecule has 1 aliphatic heterocycles. The predicted octanol–water partition coefficient (Wildman–Crippen LogP) is 1.26. The predicted molar refractivity (Wildman–Crippen MR) is 68.8 cm³/mol. The van der Waals surface area contributed by atoms with Crippen LogP contribution in [0.2, 0.25) is 0 Å². The van der Waals surface area contributed by atoms with E-state index >= 15 is 0 Å². The second kappa shape index (κ2) is 5.58. The molecule has 1 atom stereocenters. The van der Waals surface area contributed by atoms with Crippen LogP contribution in [0, 0.1) is 0 Å². The number of nitrogens with two attached hydrogens (primary N) is 1. The van der Waals surface area contributed by atoms with Crippen molar-refractivity contribution in [2.45, 2.75) is 12.5 Å². The quantitative estimate of drug-likeness (QED) is 0.850. The molecule has 0 bridgehead atoms. The Balaban J connectivity index is 2.19. The standard InChI is InChI=1S/C12H14BrNO4/c1-16-12(15)9(14)5-7-4-8(13)11-10(6-7)17-2-3-18-11/h4,6,9H,2-3,5,14H2,1H3. The summed E-state index contributed by atoms with van der Waals surface area (Å²) in [7, 11) is 1.32. The monoisotopic (exact) mass is 315 g/mol. The molecule has 1 unspecified atom stereocenters. The summed E-state index contributed by atoms with van der Waals surface area (Å²) in [6.45, 7) is 1.05. The molecule has 6 heteroatoms. The lowest BCUT2D eigenvalue weighted by Crippen LogP contribution is -2.33. The van der Waals surface area contributed by atoms with Crippen molar-refractivity contribution in [1.82, 2.24) is 0 Å². The summed E-state index contributed by atoms with van der Waals surface area (Å²) in [5.41, 5.74) is 6.62. The van der Waals surface area contributed by atoms with Gasteiger partial charge in [-0.05, 0) is 40.0 Å². The van der Waals surface area contributed by atoms with Gasteiger partial charge < -0.3 is 19.9 Å². The Kier molecular flexibility index (Phi) is 4.08. The first-order chi connectivity index (χ1) is 8.61. The summed E-state index contributed by atoms with van der Waals surface area (Å²) in [5.74, 6) is 0.931. The number of halogens is 1. The molecule has 0 amide bonds. The van der Waals surface area contributed by atoms with E-state index in [4.69, 9.17) is 15.2 Å². The molecule has 18 heavy (non-hydrogen) atoms. The van der Waals surface area contributed by atoms with E-state index < -0.39 is 12.0 Å². The Morgan fingerprint density at radius 3 is 2.94 bits per heavy atom. The van der Waals surface area contributed by atoms with Gasteiger partial charge in [0.1, 0.15) is 19.3 Å². The van der Waals surface area contributed by atoms with Crippen molar-refractivity contribution in [3.63, 3.8) is 0 Å². The van der Waals surface area contributed by atoms with Crippen molar-refractivity contribution >= 4 is 21.9 Å². The molecule has 0 aromatic heterocycles. The minimum absolute atomic E-state index is 0.391. The summed E-state index contributed by atoms with van der Waals surface area (Å²) in [4.78, 5) is 11.3. The molecule has 1 aromatic rings. The Morgan fingerprint density at radius 2 is 2.22 bits per heavy atom. The van der Waals surface area contributed by atoms with Gasteiger partial charge in [-0.25, -0.2) is 0 Å². The molecule has 5 nitrogen and oxygen atoms in total. The van der Waals surface area contributed by atoms with Crippen molar-refractivity contribution in [2.75, 3.05) is 20.3 Å². The topological polar surface area (TPSA) is 70.8 Å². The Bertz CT molecular complexity index is 464. The van der Waals surface area contributed by atoms with Crippen LogP contribution in [0.15, 0.2) is 16.6 Å². The number of ether oxygens (including phenoxy) is 3. The number of benzene rings is 1. The minimum atomic E-state index is -0.676. The molecule has 0 fully saturated rings. The zero-order valence-corrected chi connectivity index (χ0v) is 11.5. The number of fused-ring (bicyclic) bond motifs is 1. The lowest BCUT2D eigenvalue weighted by Gasteiger charge is -2.21. The summed E-state index contributed by atoms with van der Waals surface area (Å²) < 4.78 is 16.4. The summed E-state index contributed by atoms with van der Waals surface area (Å²) in [6.07, 6.45) is 0.391. The Hall–Kier alpha value is -1.27. The van der Waals surface area contributed by atoms with Gasteiger partial charge in [-0.15, -0.1) is 0 Å². The van der Waals surface area contributed by atoms with Gasteiger partial charge in [0, 0.05) is 0 Å². The Labute approximate surface area is 113 Å². The normalized spacial score (nSPS) is 15.1. The molecule has 98 valence electrons. The fraction of sp³-hybridized carbons (Fsp3) is 0.417. The van der Waals surface area contributed by atoms with Crippen molar-refractivity contribution in [2.24, 2.45) is 5.73 Å². The molecular weight excluding hydrogens is 302 g/mol. The first-order valence-electron chi connectivity index (χ1n) is 5.53. The molecule has 0 spiro atoms. The van der Waals surface area contributed by atoms with Crippen molar-refractivity contribution in [1.29, 1.82) is 0 Å². The molecule has 2 rings (SSSR count). The number of hydrogen-bond donors (Lipinski definition) is 1. The molecule has 0 radical (unpaired) electrons. The van der Waals surface area contributed by atoms with E-state index in [1.807, 2.05) is 12.1 Å². The highest BCUT2D eigenvalue weighted by Gasteiger charge is 2.19. The number of rotatable bonds is 3. The van der Waals surface area contributed by atoms with Crippen molar-refractivity contribution < 1.29 is 19.0 Å². The van der Waals surface area contributed by atoms with Gasteiger partial charge in [-0.2, -0.15) is 0 Å². The molecule has 1 heterocycles. The average molecular weight is 316 g/mol. The molecule has 0 saturated carbocycles. The van der Waals surface area contributed by atoms with Crippen molar-refractivity contribution in [3.8, 4) is 11.5 Å². The molecule has 1 aromatic carbocycles. The second-order valence-electron chi connectivity index (χ2n) is 3.94. The summed E-state index contributed by atoms with van der Waals surface area (Å²) >= 11 is 3.41. The lowest BCUT2D eigenvalue weighted by molar-refractivity contribution is -0.142. The fourth-order valence-corrected chi connectivity index (χ4v) is 2.37. The Morgan fingerprint density at radius 1 is 1.50 bits per heavy atom. The molecule has 1 aliphatic rings. The van der Waals surface area contributed by atoms with Crippen LogP contribution < -0.4 is 15.2 Å². The van der Waals surface area contributed by atoms with Gasteiger partial charge in [-0.1, -0.05) is 0 Å². The number of hydrogen-bond acceptors (Lipinski definition) is 5. The zero-order valence-electron chi connectivity index (χ0n) is 9.94. The highest BCUT2D eigenvalue weighted by Crippen LogP contribution is 2.38. The van der Waals surface area contributed by atoms with Gasteiger partial charge in [0.25, 0.3) is 0 Å². The summed E-state index contributed by atoms with van der Waals surface area (Å²) in [5, 5.41) is 0. The van der Waals surface area contributed by atoms with Crippen LogP contribution in [0.1, 0.15) is 5.56 Å². The number of carbonyl (C=O) groups is 1. The van der Waals surface area contributed by atoms with Crippen LogP contribution in [-0.4, -0.2) is 32.3 Å². The number of carbonyl (C=O) groups excluding carboxylic acids is 1. The maximum atomic E-state index is 11.3. The first kappa shape index (κ1) is 13.2. The molecule has 0 aliphatic carbocycles. The number of esters is 1. The maximum absolute atomic E-state index is 11.3. The first-order valence-corrected chi connectivity index (χ1v) is 6.32. The second-order valence-corrected chi connectivity index (χ2v) is 4.79. The van der Waals surface area contributed by atoms with Gasteiger partial charge in [-0.3, -0.25) is 4.79 Å². The van der Waals surface area contributed by atoms with Crippen LogP contribution in [-0.2, 0) is 16.0 Å². The largest absolute Gasteiger partial charge is 0.486 e. The molecular formula is C12H14BrNO4. The SMILES string of the molecule is COC(=O)C(N)Cc1cc(Br)c2c(c1)OCCO2. The zero-order chi connectivity index (χ0) is 13.1. The maximum Gasteiger partial charge on any atom is 0.322 e. The van der Waals surface area contributed by atoms with Crippen LogP contribution in [0.25, 0.3) is 0 Å². The van der Waals surface area contributed by atoms with Crippen LogP contribution >= 0.6 is 15.9 Å². The average Bonchev–Trinajstić information content (AvgIpc) is 2.37. The third-order valence-corrected chi connectivity index (χ3v) is 3.21. The van der Waals surface area contributed by atoms with E-state index in [0.29, 0.717) is 31.1 Å². The highest BCUT2D eigenvalue weighted by atomic mass is 79.9. The lowest BCUT2D eigenvalue weighted by atomic mass is 10.1. The van der Waals surface area contributed by atoms with Gasteiger partial charge in [0.2, 0.25) is 0 Å². The van der Waals surface area contributed by atoms with E-state index in [-0.39, 0.29) is 0 Å². The summed E-state index contributed by atoms with van der Waals surface area (Å²) in [6, 6.07) is 3.03. The van der Waals surface area contributed by atoms with E-state index in [1.165, 1.54) is 7.11 Å². The molecule has 0 saturated heterocycles. The van der Waals surface area contributed by atoms with Crippen LogP contribution in [0.5, 0.6) is 11.5 Å². The molecule has 2 N–H and O–H groups in total. The van der Waals surface area contributed by atoms with Crippen LogP contribution in [0.4, 0.5) is 0 Å². The third-order valence-electron chi connectivity index (χ3n) is 2.62. The third kappa shape index (κ3) is 2.76. The van der Waals surface area contributed by atoms with E-state index in [1.54, 1.807) is 0 Å². The van der Waals surface area contributed by atoms with E-state index in [0.717, 1.165) is 10.0 Å². The van der Waals surface area contributed by atoms with Crippen LogP contribution in [0.3, 0.4) is 0 Å². The smallest absolute Gasteiger partial charge is 0.322 e. The van der Waals surface area contributed by atoms with E-state index in [2.05, 4.69) is 20.7 Å². The van der Waals surface area contributed by atoms with Gasteiger partial charge in [0.05, 0.1) is 11.6 Å². The van der Waals surface area contributed by atoms with Gasteiger partial charge >= 0.3 is 5.97 Å². The van der Waals surface area contributed by atoms with Gasteiger partial charge in [0.15, 0.2) is 11.5 Å². The minimum Gasteiger partial charge on any atom is -0.486 e. The fourth-order valence-electron chi connectivity index (χ4n) is 1.77. The van der Waals surface area contributed by atoms with E-state index in [9.17, 15) is 4.79 Å².